The van der Waals surface area contributed by atoms with Crippen LogP contribution in [0.2, 0.25) is 0 Å². The predicted molar refractivity (Wildman–Crippen MR) is 77.5 cm³/mol. The lowest BCUT2D eigenvalue weighted by molar-refractivity contribution is 0.415. The van der Waals surface area contributed by atoms with E-state index in [0.29, 0.717) is 5.25 Å². The van der Waals surface area contributed by atoms with Gasteiger partial charge in [0.05, 0.1) is 12.4 Å². The van der Waals surface area contributed by atoms with Crippen molar-refractivity contribution in [2.24, 2.45) is 0 Å². The third-order valence-corrected chi connectivity index (χ3v) is 4.76. The third-order valence-electron chi connectivity index (χ3n) is 3.40. The van der Waals surface area contributed by atoms with Crippen molar-refractivity contribution in [3.05, 3.63) is 30.1 Å². The fourth-order valence-electron chi connectivity index (χ4n) is 2.41. The summed E-state index contributed by atoms with van der Waals surface area (Å²) in [7, 11) is 1.68. The predicted octanol–water partition coefficient (Wildman–Crippen LogP) is 3.15. The number of hydrogen-bond donors (Lipinski definition) is 0. The van der Waals surface area contributed by atoms with Crippen LogP contribution in [0.25, 0.3) is 11.4 Å². The van der Waals surface area contributed by atoms with Gasteiger partial charge in [-0.05, 0) is 18.6 Å². The molecular formula is C14H17N3OS. The average Bonchev–Trinajstić information content (AvgIpc) is 2.91. The lowest BCUT2D eigenvalue weighted by atomic mass is 10.2. The molecule has 0 saturated heterocycles. The van der Waals surface area contributed by atoms with Gasteiger partial charge >= 0.3 is 0 Å². The van der Waals surface area contributed by atoms with Crippen LogP contribution in [0.1, 0.15) is 24.4 Å². The molecule has 0 spiro atoms. The number of benzene rings is 1. The highest BCUT2D eigenvalue weighted by Gasteiger charge is 2.24. The van der Waals surface area contributed by atoms with Gasteiger partial charge in [-0.2, -0.15) is 0 Å². The zero-order valence-electron chi connectivity index (χ0n) is 11.2. The van der Waals surface area contributed by atoms with Crippen molar-refractivity contribution in [2.75, 3.05) is 12.9 Å². The molecular weight excluding hydrogens is 258 g/mol. The molecule has 2 aromatic rings. The summed E-state index contributed by atoms with van der Waals surface area (Å²) in [6.07, 6.45) is 1.10. The Morgan fingerprint density at radius 2 is 2.32 bits per heavy atom. The monoisotopic (exact) mass is 275 g/mol. The number of aromatic nitrogens is 3. The van der Waals surface area contributed by atoms with E-state index in [-0.39, 0.29) is 0 Å². The lowest BCUT2D eigenvalue weighted by Crippen LogP contribution is -2.15. The number of hydrogen-bond acceptors (Lipinski definition) is 4. The number of fused-ring (bicyclic) bond motifs is 1. The summed E-state index contributed by atoms with van der Waals surface area (Å²) in [5, 5.41) is 9.25. The highest BCUT2D eigenvalue weighted by atomic mass is 32.2. The van der Waals surface area contributed by atoms with E-state index in [4.69, 9.17) is 4.74 Å². The van der Waals surface area contributed by atoms with Crippen molar-refractivity contribution in [1.82, 2.24) is 14.8 Å². The van der Waals surface area contributed by atoms with Gasteiger partial charge in [0.15, 0.2) is 5.82 Å². The lowest BCUT2D eigenvalue weighted by Gasteiger charge is -2.22. The molecule has 0 radical (unpaired) electrons. The first-order valence-electron chi connectivity index (χ1n) is 6.52. The van der Waals surface area contributed by atoms with Crippen LogP contribution in [-0.2, 0) is 6.54 Å². The van der Waals surface area contributed by atoms with Gasteiger partial charge in [-0.25, -0.2) is 0 Å². The molecule has 0 aliphatic carbocycles. The molecule has 2 heterocycles. The van der Waals surface area contributed by atoms with Crippen molar-refractivity contribution in [2.45, 2.75) is 25.1 Å². The Morgan fingerprint density at radius 1 is 1.42 bits per heavy atom. The first kappa shape index (κ1) is 12.5. The topological polar surface area (TPSA) is 39.9 Å². The Kier molecular flexibility index (Phi) is 3.46. The van der Waals surface area contributed by atoms with Crippen molar-refractivity contribution in [3.8, 4) is 17.1 Å². The number of methoxy groups -OCH3 is 1. The standard InChI is InChI=1S/C14H17N3OS/c1-3-12-14-16-15-13(17(14)7-8-19-12)10-5-4-6-11(9-10)18-2/h4-6,9,12H,3,7-8H2,1-2H3. The number of ether oxygens (including phenoxy) is 1. The smallest absolute Gasteiger partial charge is 0.164 e. The SMILES string of the molecule is CCC1SCCn2c(-c3cccc(OC)c3)nnc21. The summed E-state index contributed by atoms with van der Waals surface area (Å²) < 4.78 is 7.53. The second-order valence-corrected chi connectivity index (χ2v) is 5.84. The van der Waals surface area contributed by atoms with Gasteiger partial charge in [0.2, 0.25) is 0 Å². The Morgan fingerprint density at radius 3 is 3.11 bits per heavy atom. The van der Waals surface area contributed by atoms with Crippen LogP contribution < -0.4 is 4.74 Å². The van der Waals surface area contributed by atoms with Crippen LogP contribution in [0.5, 0.6) is 5.75 Å². The maximum atomic E-state index is 5.28. The largest absolute Gasteiger partial charge is 0.497 e. The second-order valence-electron chi connectivity index (χ2n) is 4.53. The zero-order chi connectivity index (χ0) is 13.2. The van der Waals surface area contributed by atoms with Gasteiger partial charge in [0.1, 0.15) is 11.6 Å². The Bertz CT molecular complexity index is 582. The number of thioether (sulfide) groups is 1. The minimum atomic E-state index is 0.473. The highest BCUT2D eigenvalue weighted by Crippen LogP contribution is 2.37. The van der Waals surface area contributed by atoms with E-state index >= 15 is 0 Å². The highest BCUT2D eigenvalue weighted by molar-refractivity contribution is 7.99. The van der Waals surface area contributed by atoms with Crippen LogP contribution >= 0.6 is 11.8 Å². The van der Waals surface area contributed by atoms with Crippen molar-refractivity contribution in [3.63, 3.8) is 0 Å². The van der Waals surface area contributed by atoms with E-state index in [1.165, 1.54) is 0 Å². The molecule has 1 aliphatic rings. The quantitative estimate of drug-likeness (QED) is 0.862. The molecule has 0 fully saturated rings. The van der Waals surface area contributed by atoms with Crippen molar-refractivity contribution in [1.29, 1.82) is 0 Å². The van der Waals surface area contributed by atoms with Crippen molar-refractivity contribution < 1.29 is 4.74 Å². The molecule has 4 nitrogen and oxygen atoms in total. The Hall–Kier alpha value is -1.49. The van der Waals surface area contributed by atoms with Crippen LogP contribution in [0.15, 0.2) is 24.3 Å². The molecule has 1 unspecified atom stereocenters. The molecule has 0 bridgehead atoms. The van der Waals surface area contributed by atoms with Crippen molar-refractivity contribution >= 4 is 11.8 Å². The molecule has 1 aromatic heterocycles. The molecule has 5 heteroatoms. The summed E-state index contributed by atoms with van der Waals surface area (Å²) in [5.74, 6) is 4.04. The minimum Gasteiger partial charge on any atom is -0.497 e. The van der Waals surface area contributed by atoms with Crippen LogP contribution in [0.4, 0.5) is 0 Å². The van der Waals surface area contributed by atoms with Crippen LogP contribution in [0.3, 0.4) is 0 Å². The summed E-state index contributed by atoms with van der Waals surface area (Å²) in [4.78, 5) is 0. The van der Waals surface area contributed by atoms with Crippen LogP contribution in [0, 0.1) is 0 Å². The van der Waals surface area contributed by atoms with E-state index in [2.05, 4.69) is 27.8 Å². The van der Waals surface area contributed by atoms with E-state index in [0.717, 1.165) is 41.7 Å². The van der Waals surface area contributed by atoms with E-state index < -0.39 is 0 Å². The fourth-order valence-corrected chi connectivity index (χ4v) is 3.54. The summed E-state index contributed by atoms with van der Waals surface area (Å²) in [5.41, 5.74) is 1.07. The molecule has 0 N–H and O–H groups in total. The molecule has 0 saturated carbocycles. The fraction of sp³-hybridized carbons (Fsp3) is 0.429. The average molecular weight is 275 g/mol. The minimum absolute atomic E-state index is 0.473. The zero-order valence-corrected chi connectivity index (χ0v) is 12.0. The molecule has 1 aromatic carbocycles. The van der Waals surface area contributed by atoms with Gasteiger partial charge in [0, 0.05) is 17.9 Å². The summed E-state index contributed by atoms with van der Waals surface area (Å²) in [6.45, 7) is 3.18. The second kappa shape index (κ2) is 5.25. The van der Waals surface area contributed by atoms with Gasteiger partial charge in [-0.15, -0.1) is 22.0 Å². The first-order chi connectivity index (χ1) is 9.33. The van der Waals surface area contributed by atoms with Gasteiger partial charge < -0.3 is 9.30 Å². The van der Waals surface area contributed by atoms with E-state index in [1.807, 2.05) is 30.0 Å². The number of nitrogens with zero attached hydrogens (tertiary/aromatic N) is 3. The Labute approximate surface area is 117 Å². The molecule has 100 valence electrons. The molecule has 1 aliphatic heterocycles. The maximum Gasteiger partial charge on any atom is 0.164 e. The normalized spacial score (nSPS) is 18.1. The first-order valence-corrected chi connectivity index (χ1v) is 7.57. The van der Waals surface area contributed by atoms with Crippen LogP contribution in [-0.4, -0.2) is 27.6 Å². The van der Waals surface area contributed by atoms with E-state index in [1.54, 1.807) is 7.11 Å². The van der Waals surface area contributed by atoms with Gasteiger partial charge in [-0.3, -0.25) is 0 Å². The van der Waals surface area contributed by atoms with Gasteiger partial charge in [-0.1, -0.05) is 19.1 Å². The van der Waals surface area contributed by atoms with Gasteiger partial charge in [0.25, 0.3) is 0 Å². The molecule has 1 atom stereocenters. The Balaban J connectivity index is 2.04. The molecule has 0 amide bonds. The molecule has 19 heavy (non-hydrogen) atoms. The third kappa shape index (κ3) is 2.23. The molecule has 3 rings (SSSR count). The summed E-state index contributed by atoms with van der Waals surface area (Å²) >= 11 is 1.97. The van der Waals surface area contributed by atoms with E-state index in [9.17, 15) is 0 Å². The number of rotatable bonds is 3. The summed E-state index contributed by atoms with van der Waals surface area (Å²) in [6, 6.07) is 8.01. The maximum absolute atomic E-state index is 5.28.